The molecule has 0 unspecified atom stereocenters. The lowest BCUT2D eigenvalue weighted by atomic mass is 9.85. The normalized spacial score (nSPS) is 22.4. The molecule has 3 fully saturated rings. The third-order valence-electron chi connectivity index (χ3n) is 9.92. The summed E-state index contributed by atoms with van der Waals surface area (Å²) in [5.74, 6) is -0.497. The summed E-state index contributed by atoms with van der Waals surface area (Å²) in [6.07, 6.45) is 6.94. The van der Waals surface area contributed by atoms with Crippen molar-refractivity contribution in [3.8, 4) is 0 Å². The van der Waals surface area contributed by atoms with Crippen LogP contribution in [0.1, 0.15) is 63.0 Å². The lowest BCUT2D eigenvalue weighted by molar-refractivity contribution is -0.141. The molecule has 10 heteroatoms. The van der Waals surface area contributed by atoms with Gasteiger partial charge in [-0.3, -0.25) is 19.2 Å². The van der Waals surface area contributed by atoms with E-state index in [1.807, 2.05) is 48.5 Å². The van der Waals surface area contributed by atoms with Gasteiger partial charge in [-0.05, 0) is 62.3 Å². The van der Waals surface area contributed by atoms with Gasteiger partial charge in [0.1, 0.15) is 18.1 Å². The van der Waals surface area contributed by atoms with Crippen LogP contribution in [0.2, 0.25) is 0 Å². The summed E-state index contributed by atoms with van der Waals surface area (Å²) in [6, 6.07) is 17.0. The van der Waals surface area contributed by atoms with Crippen LogP contribution in [0.25, 0.3) is 0 Å². The number of carbonyl (C=O) groups excluding carboxylic acids is 4. The van der Waals surface area contributed by atoms with Gasteiger partial charge in [0, 0.05) is 31.4 Å². The predicted molar refractivity (Wildman–Crippen MR) is 167 cm³/mol. The van der Waals surface area contributed by atoms with E-state index in [0.717, 1.165) is 36.9 Å². The second-order valence-electron chi connectivity index (χ2n) is 12.8. The number of hydrogen-bond acceptors (Lipinski definition) is 6. The van der Waals surface area contributed by atoms with E-state index in [-0.39, 0.29) is 42.3 Å². The third kappa shape index (κ3) is 6.18. The Bertz CT molecular complexity index is 1370. The van der Waals surface area contributed by atoms with Crippen molar-refractivity contribution in [3.05, 3.63) is 65.7 Å². The summed E-state index contributed by atoms with van der Waals surface area (Å²) >= 11 is 0. The van der Waals surface area contributed by atoms with Crippen LogP contribution in [0.3, 0.4) is 0 Å². The van der Waals surface area contributed by atoms with Crippen LogP contribution < -0.4 is 20.9 Å². The van der Waals surface area contributed by atoms with Gasteiger partial charge >= 0.3 is 0 Å². The van der Waals surface area contributed by atoms with Crippen molar-refractivity contribution in [2.24, 2.45) is 0 Å². The number of carbonyl (C=O) groups is 4. The molecule has 6 rings (SSSR count). The van der Waals surface area contributed by atoms with E-state index >= 15 is 0 Å². The van der Waals surface area contributed by atoms with Crippen LogP contribution >= 0.6 is 0 Å². The molecule has 2 aromatic carbocycles. The Morgan fingerprint density at radius 2 is 1.64 bits per heavy atom. The van der Waals surface area contributed by atoms with E-state index in [4.69, 9.17) is 0 Å². The molecule has 3 heterocycles. The van der Waals surface area contributed by atoms with Crippen molar-refractivity contribution < 1.29 is 19.2 Å². The highest BCUT2D eigenvalue weighted by atomic mass is 16.2. The van der Waals surface area contributed by atoms with Gasteiger partial charge in [-0.1, -0.05) is 61.7 Å². The van der Waals surface area contributed by atoms with Crippen molar-refractivity contribution in [2.75, 3.05) is 31.2 Å². The first-order chi connectivity index (χ1) is 21.3. The van der Waals surface area contributed by atoms with Gasteiger partial charge in [-0.15, -0.1) is 0 Å². The highest BCUT2D eigenvalue weighted by Crippen LogP contribution is 2.39. The van der Waals surface area contributed by atoms with E-state index in [0.29, 0.717) is 45.6 Å². The van der Waals surface area contributed by atoms with Crippen LogP contribution in [-0.2, 0) is 32.1 Å². The van der Waals surface area contributed by atoms with Crippen LogP contribution in [0.15, 0.2) is 54.6 Å². The van der Waals surface area contributed by atoms with Gasteiger partial charge in [-0.25, -0.2) is 0 Å². The number of para-hydroxylation sites is 1. The Labute approximate surface area is 259 Å². The molecular formula is C34H44N6O4. The second kappa shape index (κ2) is 13.0. The molecule has 44 heavy (non-hydrogen) atoms. The van der Waals surface area contributed by atoms with Gasteiger partial charge in [0.25, 0.3) is 5.91 Å². The van der Waals surface area contributed by atoms with Crippen molar-refractivity contribution in [1.29, 1.82) is 0 Å². The summed E-state index contributed by atoms with van der Waals surface area (Å²) in [7, 11) is 0. The number of nitrogens with zero attached hydrogens (tertiary/aromatic N) is 3. The van der Waals surface area contributed by atoms with Crippen LogP contribution in [-0.4, -0.2) is 83.4 Å². The molecule has 1 spiro atoms. The van der Waals surface area contributed by atoms with Gasteiger partial charge in [0.2, 0.25) is 17.7 Å². The Hall–Kier alpha value is -3.92. The average Bonchev–Trinajstić information content (AvgIpc) is 3.31. The van der Waals surface area contributed by atoms with E-state index in [1.165, 1.54) is 12.0 Å². The molecule has 2 aromatic rings. The Balaban J connectivity index is 1.08. The van der Waals surface area contributed by atoms with E-state index in [2.05, 4.69) is 26.9 Å². The minimum Gasteiger partial charge on any atom is -0.352 e. The van der Waals surface area contributed by atoms with Crippen molar-refractivity contribution >= 4 is 29.3 Å². The summed E-state index contributed by atoms with van der Waals surface area (Å²) in [5, 5.41) is 9.35. The fourth-order valence-corrected chi connectivity index (χ4v) is 7.40. The molecule has 3 N–H and O–H groups in total. The number of rotatable bonds is 7. The molecule has 10 nitrogen and oxygen atoms in total. The zero-order valence-corrected chi connectivity index (χ0v) is 25.6. The minimum absolute atomic E-state index is 0.0335. The van der Waals surface area contributed by atoms with Crippen molar-refractivity contribution in [1.82, 2.24) is 25.8 Å². The van der Waals surface area contributed by atoms with Crippen LogP contribution in [0.5, 0.6) is 0 Å². The number of benzene rings is 2. The number of anilines is 1. The first kappa shape index (κ1) is 30.1. The van der Waals surface area contributed by atoms with Crippen LogP contribution in [0.4, 0.5) is 5.69 Å². The summed E-state index contributed by atoms with van der Waals surface area (Å²) in [4.78, 5) is 59.1. The van der Waals surface area contributed by atoms with Crippen molar-refractivity contribution in [2.45, 2.75) is 88.5 Å². The topological polar surface area (TPSA) is 114 Å². The fourth-order valence-electron chi connectivity index (χ4n) is 7.40. The molecule has 1 aliphatic carbocycles. The first-order valence-electron chi connectivity index (χ1n) is 16.1. The maximum Gasteiger partial charge on any atom is 0.250 e. The van der Waals surface area contributed by atoms with Gasteiger partial charge in [0.05, 0.1) is 12.7 Å². The Morgan fingerprint density at radius 3 is 2.36 bits per heavy atom. The number of nitrogens with one attached hydrogen (secondary N) is 3. The number of likely N-dealkylation sites (tertiary alicyclic amines) is 1. The Kier molecular flexibility index (Phi) is 8.88. The summed E-state index contributed by atoms with van der Waals surface area (Å²) in [6.45, 7) is 3.50. The monoisotopic (exact) mass is 600 g/mol. The Morgan fingerprint density at radius 1 is 0.955 bits per heavy atom. The van der Waals surface area contributed by atoms with E-state index in [1.54, 1.807) is 16.7 Å². The maximum atomic E-state index is 14.0. The fraction of sp³-hybridized carbons (Fsp3) is 0.529. The van der Waals surface area contributed by atoms with Gasteiger partial charge in [0.15, 0.2) is 0 Å². The quantitative estimate of drug-likeness (QED) is 0.450. The average molecular weight is 601 g/mol. The molecule has 234 valence electrons. The first-order valence-corrected chi connectivity index (χ1v) is 16.1. The molecule has 1 saturated carbocycles. The largest absolute Gasteiger partial charge is 0.352 e. The predicted octanol–water partition coefficient (Wildman–Crippen LogP) is 2.32. The molecule has 2 saturated heterocycles. The minimum atomic E-state index is -0.824. The van der Waals surface area contributed by atoms with Crippen LogP contribution in [0, 0.1) is 0 Å². The number of hydrogen-bond donors (Lipinski definition) is 3. The third-order valence-corrected chi connectivity index (χ3v) is 9.92. The standard InChI is InChI=1S/C34H44N6O4/c1-24(36-31(42)29-20-25-10-8-9-11-26(25)21-35-29)32(43)38-18-16-34(17-19-38)33(44)39(23-40(34)28-14-6-3-7-15-28)22-30(41)37-27-12-4-2-5-13-27/h3,6-11,14-15,24,27,29,35H,2,4-5,12-13,16-23H2,1H3,(H,36,42)(H,37,41)/t24-,29-/m1/s1. The smallest absolute Gasteiger partial charge is 0.250 e. The maximum absolute atomic E-state index is 14.0. The summed E-state index contributed by atoms with van der Waals surface area (Å²) < 4.78 is 0. The zero-order valence-electron chi connectivity index (χ0n) is 25.6. The highest BCUT2D eigenvalue weighted by molar-refractivity contribution is 5.97. The summed E-state index contributed by atoms with van der Waals surface area (Å²) in [5.41, 5.74) is 2.45. The molecule has 3 aliphatic heterocycles. The second-order valence-corrected chi connectivity index (χ2v) is 12.8. The molecule has 2 atom stereocenters. The molecular weight excluding hydrogens is 556 g/mol. The number of piperidine rings is 1. The molecule has 4 amide bonds. The molecule has 0 aromatic heterocycles. The highest BCUT2D eigenvalue weighted by Gasteiger charge is 2.54. The lowest BCUT2D eigenvalue weighted by Gasteiger charge is -2.43. The lowest BCUT2D eigenvalue weighted by Crippen LogP contribution is -2.60. The molecule has 0 bridgehead atoms. The number of amides is 4. The molecule has 0 radical (unpaired) electrons. The van der Waals surface area contributed by atoms with E-state index < -0.39 is 11.6 Å². The SMILES string of the molecule is C[C@@H](NC(=O)[C@H]1Cc2ccccc2CN1)C(=O)N1CCC2(CC1)C(=O)N(CC(=O)NC1CCCCC1)CN2c1ccccc1. The number of fused-ring (bicyclic) bond motifs is 1. The van der Waals surface area contributed by atoms with E-state index in [9.17, 15) is 19.2 Å². The van der Waals surface area contributed by atoms with Gasteiger partial charge < -0.3 is 30.7 Å². The van der Waals surface area contributed by atoms with Gasteiger partial charge in [-0.2, -0.15) is 0 Å². The molecule has 4 aliphatic rings. The zero-order chi connectivity index (χ0) is 30.7. The van der Waals surface area contributed by atoms with Crippen molar-refractivity contribution in [3.63, 3.8) is 0 Å².